The fourth-order valence-corrected chi connectivity index (χ4v) is 6.84. The van der Waals surface area contributed by atoms with Crippen LogP contribution in [0.2, 0.25) is 0 Å². The third-order valence-electron chi connectivity index (χ3n) is 7.07. The number of hydrogen-bond acceptors (Lipinski definition) is 4. The summed E-state index contributed by atoms with van der Waals surface area (Å²) in [4.78, 5) is 16.8. The molecule has 3 aliphatic rings. The molecule has 4 nitrogen and oxygen atoms in total. The number of amides is 1. The molecule has 0 aliphatic carbocycles. The maximum atomic E-state index is 11.6. The highest BCUT2D eigenvalue weighted by Gasteiger charge is 2.39. The predicted molar refractivity (Wildman–Crippen MR) is 130 cm³/mol. The number of rotatable bonds is 4. The molecular formula is C27H27N3OS. The van der Waals surface area contributed by atoms with Gasteiger partial charge in [0.05, 0.1) is 17.8 Å². The molecule has 32 heavy (non-hydrogen) atoms. The number of piperidine rings is 1. The van der Waals surface area contributed by atoms with Gasteiger partial charge in [0.2, 0.25) is 5.91 Å². The number of nitrogens with zero attached hydrogens (tertiary/aromatic N) is 1. The summed E-state index contributed by atoms with van der Waals surface area (Å²) in [7, 11) is 0. The zero-order valence-electron chi connectivity index (χ0n) is 18.0. The van der Waals surface area contributed by atoms with Gasteiger partial charge in [-0.3, -0.25) is 4.79 Å². The first kappa shape index (κ1) is 19.9. The molecule has 3 aromatic carbocycles. The van der Waals surface area contributed by atoms with Crippen molar-refractivity contribution in [1.29, 1.82) is 0 Å². The molecule has 3 aromatic rings. The van der Waals surface area contributed by atoms with Gasteiger partial charge in [0.15, 0.2) is 0 Å². The van der Waals surface area contributed by atoms with Crippen LogP contribution in [0.1, 0.15) is 31.2 Å². The van der Waals surface area contributed by atoms with Crippen LogP contribution in [-0.2, 0) is 11.2 Å². The van der Waals surface area contributed by atoms with Gasteiger partial charge in [0.25, 0.3) is 0 Å². The van der Waals surface area contributed by atoms with Crippen molar-refractivity contribution in [3.05, 3.63) is 72.3 Å². The molecule has 2 bridgehead atoms. The van der Waals surface area contributed by atoms with E-state index >= 15 is 0 Å². The number of carbonyl (C=O) groups is 1. The molecule has 6 rings (SSSR count). The fourth-order valence-electron chi connectivity index (χ4n) is 5.73. The Morgan fingerprint density at radius 3 is 2.47 bits per heavy atom. The van der Waals surface area contributed by atoms with Crippen LogP contribution in [-0.4, -0.2) is 24.0 Å². The van der Waals surface area contributed by atoms with E-state index in [-0.39, 0.29) is 12.3 Å². The molecule has 1 amide bonds. The molecule has 0 aromatic heterocycles. The molecule has 2 saturated heterocycles. The lowest BCUT2D eigenvalue weighted by Gasteiger charge is -2.42. The van der Waals surface area contributed by atoms with Crippen LogP contribution in [0.15, 0.2) is 76.5 Å². The topological polar surface area (TPSA) is 58.4 Å². The molecular weight excluding hydrogens is 414 g/mol. The molecule has 3 aliphatic heterocycles. The summed E-state index contributed by atoms with van der Waals surface area (Å²) in [6.45, 7) is 0. The Labute approximate surface area is 193 Å². The number of anilines is 2. The van der Waals surface area contributed by atoms with Gasteiger partial charge in [0, 0.05) is 27.9 Å². The molecule has 2 atom stereocenters. The van der Waals surface area contributed by atoms with Crippen molar-refractivity contribution >= 4 is 29.0 Å². The zero-order valence-corrected chi connectivity index (χ0v) is 18.8. The van der Waals surface area contributed by atoms with E-state index in [0.717, 1.165) is 16.7 Å². The van der Waals surface area contributed by atoms with Crippen LogP contribution in [0.25, 0.3) is 11.1 Å². The number of primary amides is 1. The first-order valence-corrected chi connectivity index (χ1v) is 12.3. The summed E-state index contributed by atoms with van der Waals surface area (Å²) in [5.74, 6) is -0.301. The average Bonchev–Trinajstić information content (AvgIpc) is 3.14. The molecule has 0 radical (unpaired) electrons. The van der Waals surface area contributed by atoms with Crippen molar-refractivity contribution < 1.29 is 4.79 Å². The summed E-state index contributed by atoms with van der Waals surface area (Å²) in [5.41, 5.74) is 11.3. The van der Waals surface area contributed by atoms with Crippen molar-refractivity contribution in [2.75, 3.05) is 4.90 Å². The van der Waals surface area contributed by atoms with E-state index in [1.807, 2.05) is 30.0 Å². The Balaban J connectivity index is 1.43. The van der Waals surface area contributed by atoms with E-state index in [0.29, 0.717) is 18.1 Å². The van der Waals surface area contributed by atoms with E-state index in [1.165, 1.54) is 46.8 Å². The minimum atomic E-state index is -0.301. The van der Waals surface area contributed by atoms with Gasteiger partial charge in [-0.15, -0.1) is 0 Å². The molecule has 2 unspecified atom stereocenters. The second-order valence-electron chi connectivity index (χ2n) is 9.19. The quantitative estimate of drug-likeness (QED) is 0.579. The first-order valence-electron chi connectivity index (χ1n) is 11.5. The van der Waals surface area contributed by atoms with Crippen LogP contribution in [0.4, 0.5) is 11.4 Å². The monoisotopic (exact) mass is 441 g/mol. The normalized spacial score (nSPS) is 23.5. The third-order valence-corrected chi connectivity index (χ3v) is 8.18. The molecule has 0 spiro atoms. The van der Waals surface area contributed by atoms with Crippen molar-refractivity contribution in [3.63, 3.8) is 0 Å². The molecule has 162 valence electrons. The van der Waals surface area contributed by atoms with Gasteiger partial charge >= 0.3 is 0 Å². The molecule has 0 saturated carbocycles. The first-order chi connectivity index (χ1) is 15.7. The highest BCUT2D eigenvalue weighted by atomic mass is 32.2. The number of para-hydroxylation sites is 1. The zero-order chi connectivity index (χ0) is 21.7. The maximum absolute atomic E-state index is 11.6. The number of benzene rings is 3. The smallest absolute Gasteiger partial charge is 0.221 e. The van der Waals surface area contributed by atoms with Crippen molar-refractivity contribution in [2.45, 2.75) is 60.0 Å². The van der Waals surface area contributed by atoms with Crippen LogP contribution in [0.5, 0.6) is 0 Å². The molecule has 3 heterocycles. The third kappa shape index (κ3) is 3.50. The van der Waals surface area contributed by atoms with Crippen molar-refractivity contribution in [2.24, 2.45) is 5.73 Å². The highest BCUT2D eigenvalue weighted by molar-refractivity contribution is 7.99. The standard InChI is InChI=1S/C27H27N3OS/c28-27(31)14-17-5-1-2-6-22(17)18-9-12-24-26(13-18)32-25-8-4-3-7-23(25)30(24)21-15-19-10-11-20(16-21)29-19/h1-9,12-13,19-21,29H,10-11,14-16H2,(H2,28,31). The predicted octanol–water partition coefficient (Wildman–Crippen LogP) is 5.27. The average molecular weight is 442 g/mol. The fraction of sp³-hybridized carbons (Fsp3) is 0.296. The van der Waals surface area contributed by atoms with E-state index in [4.69, 9.17) is 5.73 Å². The van der Waals surface area contributed by atoms with Gasteiger partial charge < -0.3 is 16.0 Å². The second kappa shape index (κ2) is 7.98. The van der Waals surface area contributed by atoms with Crippen LogP contribution in [0, 0.1) is 0 Å². The number of nitrogens with two attached hydrogens (primary N) is 1. The lowest BCUT2D eigenvalue weighted by Crippen LogP contribution is -2.47. The summed E-state index contributed by atoms with van der Waals surface area (Å²) < 4.78 is 0. The molecule has 3 N–H and O–H groups in total. The lowest BCUT2D eigenvalue weighted by atomic mass is 9.95. The summed E-state index contributed by atoms with van der Waals surface area (Å²) >= 11 is 1.85. The Hall–Kier alpha value is -2.76. The van der Waals surface area contributed by atoms with Crippen molar-refractivity contribution in [3.8, 4) is 11.1 Å². The number of hydrogen-bond donors (Lipinski definition) is 2. The largest absolute Gasteiger partial charge is 0.369 e. The Kier molecular flexibility index (Phi) is 4.96. The van der Waals surface area contributed by atoms with Crippen LogP contribution < -0.4 is 16.0 Å². The minimum absolute atomic E-state index is 0.257. The Morgan fingerprint density at radius 1 is 0.938 bits per heavy atom. The molecule has 5 heteroatoms. The highest BCUT2D eigenvalue weighted by Crippen LogP contribution is 2.51. The van der Waals surface area contributed by atoms with Crippen LogP contribution in [0.3, 0.4) is 0 Å². The van der Waals surface area contributed by atoms with E-state index in [9.17, 15) is 4.79 Å². The number of carbonyl (C=O) groups excluding carboxylic acids is 1. The van der Waals surface area contributed by atoms with Gasteiger partial charge in [-0.2, -0.15) is 0 Å². The van der Waals surface area contributed by atoms with Gasteiger partial charge in [-0.05, 0) is 66.6 Å². The van der Waals surface area contributed by atoms with E-state index < -0.39 is 0 Å². The lowest BCUT2D eigenvalue weighted by molar-refractivity contribution is -0.117. The Bertz CT molecular complexity index is 1180. The molecule has 2 fully saturated rings. The van der Waals surface area contributed by atoms with E-state index in [2.05, 4.69) is 58.7 Å². The van der Waals surface area contributed by atoms with E-state index in [1.54, 1.807) is 0 Å². The van der Waals surface area contributed by atoms with Crippen molar-refractivity contribution in [1.82, 2.24) is 5.32 Å². The van der Waals surface area contributed by atoms with Gasteiger partial charge in [-0.25, -0.2) is 0 Å². The summed E-state index contributed by atoms with van der Waals surface area (Å²) in [5, 5.41) is 3.79. The second-order valence-corrected chi connectivity index (χ2v) is 10.3. The maximum Gasteiger partial charge on any atom is 0.221 e. The number of fused-ring (bicyclic) bond motifs is 4. The number of nitrogens with one attached hydrogen (secondary N) is 1. The summed E-state index contributed by atoms with van der Waals surface area (Å²) in [6.07, 6.45) is 5.24. The summed E-state index contributed by atoms with van der Waals surface area (Å²) in [6, 6.07) is 25.4. The minimum Gasteiger partial charge on any atom is -0.369 e. The van der Waals surface area contributed by atoms with Crippen LogP contribution >= 0.6 is 11.8 Å². The Morgan fingerprint density at radius 2 is 1.66 bits per heavy atom. The van der Waals surface area contributed by atoms with Gasteiger partial charge in [-0.1, -0.05) is 54.2 Å². The van der Waals surface area contributed by atoms with Gasteiger partial charge in [0.1, 0.15) is 0 Å². The SMILES string of the molecule is NC(=O)Cc1ccccc1-c1ccc2c(c1)Sc1ccccc1N2C1CC2CCC(C1)N2.